The predicted octanol–water partition coefficient (Wildman–Crippen LogP) is 2.75. The monoisotopic (exact) mass is 402 g/mol. The van der Waals surface area contributed by atoms with E-state index in [1.54, 1.807) is 11.0 Å². The molecule has 0 radical (unpaired) electrons. The van der Waals surface area contributed by atoms with E-state index >= 15 is 0 Å². The van der Waals surface area contributed by atoms with Gasteiger partial charge < -0.3 is 4.90 Å². The molecule has 1 saturated carbocycles. The molecule has 5 nitrogen and oxygen atoms in total. The van der Waals surface area contributed by atoms with Gasteiger partial charge in [-0.25, -0.2) is 17.5 Å². The Morgan fingerprint density at radius 3 is 2.71 bits per heavy atom. The summed E-state index contributed by atoms with van der Waals surface area (Å²) in [6.45, 7) is 0.988. The Kier molecular flexibility index (Phi) is 4.97. The molecule has 0 spiro atoms. The minimum absolute atomic E-state index is 0.0804. The largest absolute Gasteiger partial charge is 0.341 e. The number of rotatable bonds is 5. The number of nitrogens with zero attached hydrogens (tertiary/aromatic N) is 1. The highest BCUT2D eigenvalue weighted by Crippen LogP contribution is 2.51. The normalized spacial score (nSPS) is 24.4. The lowest BCUT2D eigenvalue weighted by atomic mass is 9.96. The van der Waals surface area contributed by atoms with Crippen molar-refractivity contribution in [2.45, 2.75) is 24.8 Å². The Bertz CT molecular complexity index is 1010. The molecule has 2 fully saturated rings. The van der Waals surface area contributed by atoms with Crippen LogP contribution in [-0.4, -0.2) is 44.6 Å². The SMILES string of the molecule is CS(=O)(=O)NC1CCN(C(=O)C2CC2c2ccccc2-c2cccc(F)c2)C1. The smallest absolute Gasteiger partial charge is 0.226 e. The average molecular weight is 402 g/mol. The average Bonchev–Trinajstić information content (AvgIpc) is 3.32. The maximum atomic E-state index is 13.7. The number of carbonyl (C=O) groups is 1. The van der Waals surface area contributed by atoms with E-state index < -0.39 is 10.0 Å². The number of hydrogen-bond donors (Lipinski definition) is 1. The molecular formula is C21H23FN2O3S. The van der Waals surface area contributed by atoms with Gasteiger partial charge in [0.2, 0.25) is 15.9 Å². The molecule has 1 amide bonds. The second-order valence-electron chi connectivity index (χ2n) is 7.71. The molecule has 0 bridgehead atoms. The van der Waals surface area contributed by atoms with Gasteiger partial charge in [0, 0.05) is 25.0 Å². The Morgan fingerprint density at radius 1 is 1.18 bits per heavy atom. The second-order valence-corrected chi connectivity index (χ2v) is 9.49. The van der Waals surface area contributed by atoms with Crippen LogP contribution in [0, 0.1) is 11.7 Å². The zero-order valence-electron chi connectivity index (χ0n) is 15.6. The minimum Gasteiger partial charge on any atom is -0.341 e. The van der Waals surface area contributed by atoms with Crippen molar-refractivity contribution >= 4 is 15.9 Å². The topological polar surface area (TPSA) is 66.5 Å². The second kappa shape index (κ2) is 7.29. The van der Waals surface area contributed by atoms with Crippen LogP contribution in [0.5, 0.6) is 0 Å². The third-order valence-electron chi connectivity index (χ3n) is 5.48. The molecule has 1 N–H and O–H groups in total. The molecule has 1 aliphatic carbocycles. The first-order valence-electron chi connectivity index (χ1n) is 9.43. The van der Waals surface area contributed by atoms with Crippen LogP contribution in [0.2, 0.25) is 0 Å². The van der Waals surface area contributed by atoms with E-state index in [-0.39, 0.29) is 29.6 Å². The van der Waals surface area contributed by atoms with Crippen molar-refractivity contribution in [3.8, 4) is 11.1 Å². The summed E-state index contributed by atoms with van der Waals surface area (Å²) in [7, 11) is -3.27. The molecule has 3 unspecified atom stereocenters. The van der Waals surface area contributed by atoms with Gasteiger partial charge in [-0.3, -0.25) is 4.79 Å². The molecule has 1 saturated heterocycles. The number of amides is 1. The Morgan fingerprint density at radius 2 is 1.96 bits per heavy atom. The summed E-state index contributed by atoms with van der Waals surface area (Å²) in [6.07, 6.45) is 2.54. The van der Waals surface area contributed by atoms with E-state index in [1.807, 2.05) is 30.3 Å². The highest BCUT2D eigenvalue weighted by molar-refractivity contribution is 7.88. The van der Waals surface area contributed by atoms with Gasteiger partial charge in [0.15, 0.2) is 0 Å². The summed E-state index contributed by atoms with van der Waals surface area (Å²) in [4.78, 5) is 14.7. The first-order chi connectivity index (χ1) is 13.3. The van der Waals surface area contributed by atoms with E-state index in [1.165, 1.54) is 12.1 Å². The molecule has 4 rings (SSSR count). The third kappa shape index (κ3) is 4.10. The standard InChI is InChI=1S/C21H23FN2O3S/c1-28(26,27)23-16-9-10-24(13-16)21(25)20-12-19(20)18-8-3-2-7-17(18)14-5-4-6-15(22)11-14/h2-8,11,16,19-20,23H,9-10,12-13H2,1H3. The fourth-order valence-electron chi connectivity index (χ4n) is 4.14. The van der Waals surface area contributed by atoms with E-state index in [4.69, 9.17) is 0 Å². The summed E-state index contributed by atoms with van der Waals surface area (Å²) < 4.78 is 39.0. The number of carbonyl (C=O) groups excluding carboxylic acids is 1. The lowest BCUT2D eigenvalue weighted by molar-refractivity contribution is -0.131. The molecule has 1 heterocycles. The van der Waals surface area contributed by atoms with Crippen LogP contribution in [0.4, 0.5) is 4.39 Å². The third-order valence-corrected chi connectivity index (χ3v) is 6.25. The number of sulfonamides is 1. The zero-order chi connectivity index (χ0) is 19.9. The van der Waals surface area contributed by atoms with E-state index in [0.717, 1.165) is 29.4 Å². The van der Waals surface area contributed by atoms with Gasteiger partial charge in [0.25, 0.3) is 0 Å². The van der Waals surface area contributed by atoms with Gasteiger partial charge in [0.05, 0.1) is 6.26 Å². The van der Waals surface area contributed by atoms with Crippen LogP contribution < -0.4 is 4.72 Å². The maximum Gasteiger partial charge on any atom is 0.226 e. The summed E-state index contributed by atoms with van der Waals surface area (Å²) in [6, 6.07) is 14.1. The highest BCUT2D eigenvalue weighted by Gasteiger charge is 2.47. The molecular weight excluding hydrogens is 379 g/mol. The fourth-order valence-corrected chi connectivity index (χ4v) is 4.94. The van der Waals surface area contributed by atoms with Crippen LogP contribution in [0.15, 0.2) is 48.5 Å². The fraction of sp³-hybridized carbons (Fsp3) is 0.381. The van der Waals surface area contributed by atoms with Gasteiger partial charge in [-0.1, -0.05) is 36.4 Å². The van der Waals surface area contributed by atoms with Crippen LogP contribution in [-0.2, 0) is 14.8 Å². The van der Waals surface area contributed by atoms with Crippen molar-refractivity contribution in [2.24, 2.45) is 5.92 Å². The summed E-state index contributed by atoms with van der Waals surface area (Å²) in [5.41, 5.74) is 2.84. The van der Waals surface area contributed by atoms with Gasteiger partial charge in [0.1, 0.15) is 5.82 Å². The van der Waals surface area contributed by atoms with Gasteiger partial charge >= 0.3 is 0 Å². The number of hydrogen-bond acceptors (Lipinski definition) is 3. The number of benzene rings is 2. The summed E-state index contributed by atoms with van der Waals surface area (Å²) >= 11 is 0. The van der Waals surface area contributed by atoms with Crippen molar-refractivity contribution in [3.63, 3.8) is 0 Å². The first kappa shape index (κ1) is 19.1. The van der Waals surface area contributed by atoms with Crippen molar-refractivity contribution in [2.75, 3.05) is 19.3 Å². The molecule has 2 aromatic carbocycles. The van der Waals surface area contributed by atoms with Crippen LogP contribution in [0.25, 0.3) is 11.1 Å². The lowest BCUT2D eigenvalue weighted by Crippen LogP contribution is -2.38. The Balaban J connectivity index is 1.47. The molecule has 28 heavy (non-hydrogen) atoms. The van der Waals surface area contributed by atoms with Gasteiger partial charge in [-0.15, -0.1) is 0 Å². The summed E-state index contributed by atoms with van der Waals surface area (Å²) in [5.74, 6) is -0.172. The predicted molar refractivity (Wildman–Crippen MR) is 106 cm³/mol. The van der Waals surface area contributed by atoms with E-state index in [2.05, 4.69) is 4.72 Å². The number of likely N-dealkylation sites (tertiary alicyclic amines) is 1. The molecule has 1 aliphatic heterocycles. The Hall–Kier alpha value is -2.25. The maximum absolute atomic E-state index is 13.7. The molecule has 2 aliphatic rings. The van der Waals surface area contributed by atoms with Crippen molar-refractivity contribution in [1.29, 1.82) is 0 Å². The Labute approximate surface area is 164 Å². The minimum atomic E-state index is -3.27. The van der Waals surface area contributed by atoms with Crippen LogP contribution >= 0.6 is 0 Å². The van der Waals surface area contributed by atoms with Crippen molar-refractivity contribution in [3.05, 3.63) is 59.9 Å². The van der Waals surface area contributed by atoms with E-state index in [9.17, 15) is 17.6 Å². The van der Waals surface area contributed by atoms with Crippen LogP contribution in [0.1, 0.15) is 24.3 Å². The number of nitrogens with one attached hydrogen (secondary N) is 1. The summed E-state index contributed by atoms with van der Waals surface area (Å²) in [5, 5.41) is 0. The molecule has 0 aromatic heterocycles. The van der Waals surface area contributed by atoms with Crippen molar-refractivity contribution in [1.82, 2.24) is 9.62 Å². The lowest BCUT2D eigenvalue weighted by Gasteiger charge is -2.17. The van der Waals surface area contributed by atoms with E-state index in [0.29, 0.717) is 19.5 Å². The zero-order valence-corrected chi connectivity index (χ0v) is 16.5. The molecule has 3 atom stereocenters. The molecule has 7 heteroatoms. The molecule has 2 aromatic rings. The van der Waals surface area contributed by atoms with Crippen LogP contribution in [0.3, 0.4) is 0 Å². The van der Waals surface area contributed by atoms with Gasteiger partial charge in [-0.05, 0) is 47.6 Å². The number of halogens is 1. The first-order valence-corrected chi connectivity index (χ1v) is 11.3. The molecule has 148 valence electrons. The quantitative estimate of drug-likeness (QED) is 0.836. The van der Waals surface area contributed by atoms with Gasteiger partial charge in [-0.2, -0.15) is 0 Å². The van der Waals surface area contributed by atoms with Crippen molar-refractivity contribution < 1.29 is 17.6 Å². The highest BCUT2D eigenvalue weighted by atomic mass is 32.2.